The molecule has 12 heteroatoms. The summed E-state index contributed by atoms with van der Waals surface area (Å²) >= 11 is 0. The van der Waals surface area contributed by atoms with E-state index in [-0.39, 0.29) is 28.8 Å². The van der Waals surface area contributed by atoms with Gasteiger partial charge in [0, 0.05) is 51.0 Å². The van der Waals surface area contributed by atoms with E-state index in [1.807, 2.05) is 17.8 Å². The molecule has 1 N–H and O–H groups in total. The van der Waals surface area contributed by atoms with Crippen molar-refractivity contribution < 1.29 is 27.5 Å². The van der Waals surface area contributed by atoms with Crippen LogP contribution < -0.4 is 10.1 Å². The van der Waals surface area contributed by atoms with Gasteiger partial charge in [0.1, 0.15) is 17.0 Å². The highest BCUT2D eigenvalue weighted by Gasteiger charge is 2.55. The summed E-state index contributed by atoms with van der Waals surface area (Å²) in [6.07, 6.45) is 2.10. The molecule has 2 aromatic heterocycles. The van der Waals surface area contributed by atoms with Gasteiger partial charge in [0.2, 0.25) is 0 Å². The van der Waals surface area contributed by atoms with Gasteiger partial charge in [0.15, 0.2) is 0 Å². The Labute approximate surface area is 199 Å². The molecule has 1 aliphatic carbocycles. The standard InChI is InChI=1S/C23H25F3N6O3/c1-29-6-7-32-19(29)16(11-27-32)20(33)31-12-22(13-31)9-15(10-22)30(2)21(34)28-17-8-14(23(24,25)26)4-5-18(17)35-3/h4-8,11,15H,9-10,12-13H2,1-3H3,(H,28,34). The van der Waals surface area contributed by atoms with Gasteiger partial charge in [0.25, 0.3) is 5.91 Å². The number of hydrogen-bond acceptors (Lipinski definition) is 4. The van der Waals surface area contributed by atoms with E-state index < -0.39 is 17.8 Å². The van der Waals surface area contributed by atoms with E-state index >= 15 is 0 Å². The maximum Gasteiger partial charge on any atom is 0.416 e. The number of methoxy groups -OCH3 is 1. The van der Waals surface area contributed by atoms with Crippen LogP contribution in [0.2, 0.25) is 0 Å². The number of rotatable bonds is 4. The number of alkyl halides is 3. The van der Waals surface area contributed by atoms with Crippen molar-refractivity contribution in [3.05, 3.63) is 47.9 Å². The molecule has 0 bridgehead atoms. The fourth-order valence-electron chi connectivity index (χ4n) is 5.10. The van der Waals surface area contributed by atoms with Crippen molar-refractivity contribution in [2.75, 3.05) is 32.6 Å². The number of carbonyl (C=O) groups excluding carboxylic acids is 2. The first-order valence-corrected chi connectivity index (χ1v) is 11.1. The highest BCUT2D eigenvalue weighted by molar-refractivity contribution is 6.00. The zero-order chi connectivity index (χ0) is 25.1. The van der Waals surface area contributed by atoms with Gasteiger partial charge in [-0.25, -0.2) is 9.31 Å². The number of fused-ring (bicyclic) bond motifs is 1. The van der Waals surface area contributed by atoms with E-state index in [0.717, 1.165) is 17.8 Å². The second-order valence-corrected chi connectivity index (χ2v) is 9.41. The lowest BCUT2D eigenvalue weighted by atomic mass is 9.60. The number of nitrogens with zero attached hydrogens (tertiary/aromatic N) is 5. The molecular formula is C23H25F3N6O3. The SMILES string of the molecule is COc1ccc(C(F)(F)F)cc1NC(=O)N(C)C1CC2(C1)CN(C(=O)c1cnn3ccn(C)c13)C2. The molecule has 1 saturated heterocycles. The highest BCUT2D eigenvalue weighted by atomic mass is 19.4. The number of likely N-dealkylation sites (tertiary alicyclic amines) is 1. The Morgan fingerprint density at radius 3 is 2.60 bits per heavy atom. The molecule has 2 fully saturated rings. The summed E-state index contributed by atoms with van der Waals surface area (Å²) in [4.78, 5) is 29.0. The Morgan fingerprint density at radius 2 is 1.94 bits per heavy atom. The van der Waals surface area contributed by atoms with Gasteiger partial charge in [-0.3, -0.25) is 4.79 Å². The highest BCUT2D eigenvalue weighted by Crippen LogP contribution is 2.50. The van der Waals surface area contributed by atoms with Crippen LogP contribution in [-0.2, 0) is 13.2 Å². The average molecular weight is 490 g/mol. The molecule has 1 aliphatic heterocycles. The molecule has 0 atom stereocenters. The van der Waals surface area contributed by atoms with Crippen molar-refractivity contribution in [2.45, 2.75) is 25.1 Å². The number of aromatic nitrogens is 3. The fourth-order valence-corrected chi connectivity index (χ4v) is 5.10. The van der Waals surface area contributed by atoms with Crippen molar-refractivity contribution in [3.8, 4) is 5.75 Å². The Bertz CT molecular complexity index is 1300. The van der Waals surface area contributed by atoms with Crippen LogP contribution in [0, 0.1) is 5.41 Å². The van der Waals surface area contributed by atoms with Crippen molar-refractivity contribution in [1.82, 2.24) is 24.0 Å². The summed E-state index contributed by atoms with van der Waals surface area (Å²) in [5.74, 6) is 0.0732. The van der Waals surface area contributed by atoms with E-state index in [2.05, 4.69) is 10.4 Å². The van der Waals surface area contributed by atoms with Gasteiger partial charge in [0.05, 0.1) is 24.6 Å². The van der Waals surface area contributed by atoms with E-state index in [1.54, 1.807) is 28.9 Å². The molecule has 3 heterocycles. The Balaban J connectivity index is 1.18. The van der Waals surface area contributed by atoms with Gasteiger partial charge in [-0.15, -0.1) is 0 Å². The minimum absolute atomic E-state index is 0.0384. The third-order valence-corrected chi connectivity index (χ3v) is 7.08. The lowest BCUT2D eigenvalue weighted by Gasteiger charge is -2.60. The Morgan fingerprint density at radius 1 is 1.23 bits per heavy atom. The van der Waals surface area contributed by atoms with E-state index in [0.29, 0.717) is 31.5 Å². The van der Waals surface area contributed by atoms with Crippen LogP contribution >= 0.6 is 0 Å². The molecule has 1 aromatic carbocycles. The molecule has 9 nitrogen and oxygen atoms in total. The molecule has 1 spiro atoms. The molecule has 35 heavy (non-hydrogen) atoms. The molecular weight excluding hydrogens is 465 g/mol. The quantitative estimate of drug-likeness (QED) is 0.607. The van der Waals surface area contributed by atoms with Crippen LogP contribution in [0.3, 0.4) is 0 Å². The van der Waals surface area contributed by atoms with Crippen LogP contribution in [0.5, 0.6) is 5.75 Å². The molecule has 3 aromatic rings. The van der Waals surface area contributed by atoms with Crippen LogP contribution in [0.15, 0.2) is 36.8 Å². The smallest absolute Gasteiger partial charge is 0.416 e. The second-order valence-electron chi connectivity index (χ2n) is 9.41. The van der Waals surface area contributed by atoms with Crippen LogP contribution in [0.1, 0.15) is 28.8 Å². The number of nitrogens with one attached hydrogen (secondary N) is 1. The molecule has 3 amide bonds. The average Bonchev–Trinajstić information content (AvgIpc) is 3.33. The minimum Gasteiger partial charge on any atom is -0.495 e. The molecule has 0 unspecified atom stereocenters. The van der Waals surface area contributed by atoms with Crippen LogP contribution in [0.25, 0.3) is 5.65 Å². The lowest BCUT2D eigenvalue weighted by molar-refractivity contribution is -0.137. The normalized spacial score (nSPS) is 17.3. The van der Waals surface area contributed by atoms with E-state index in [1.165, 1.54) is 18.1 Å². The summed E-state index contributed by atoms with van der Waals surface area (Å²) in [6, 6.07) is 2.37. The number of urea groups is 1. The molecule has 2 aliphatic rings. The topological polar surface area (TPSA) is 84.1 Å². The monoisotopic (exact) mass is 490 g/mol. The summed E-state index contributed by atoms with van der Waals surface area (Å²) < 4.78 is 47.9. The Hall–Kier alpha value is -3.70. The van der Waals surface area contributed by atoms with Gasteiger partial charge >= 0.3 is 12.2 Å². The van der Waals surface area contributed by atoms with Gasteiger partial charge in [-0.2, -0.15) is 18.3 Å². The summed E-state index contributed by atoms with van der Waals surface area (Å²) in [6.45, 7) is 1.20. The number of hydrogen-bond donors (Lipinski definition) is 1. The van der Waals surface area contributed by atoms with Crippen molar-refractivity contribution >= 4 is 23.3 Å². The number of benzene rings is 1. The Kier molecular flexibility index (Phi) is 5.22. The molecule has 1 saturated carbocycles. The molecule has 186 valence electrons. The largest absolute Gasteiger partial charge is 0.495 e. The zero-order valence-electron chi connectivity index (χ0n) is 19.5. The predicted octanol–water partition coefficient (Wildman–Crippen LogP) is 3.47. The van der Waals surface area contributed by atoms with Crippen LogP contribution in [0.4, 0.5) is 23.7 Å². The number of imidazole rings is 1. The van der Waals surface area contributed by atoms with Crippen molar-refractivity contribution in [3.63, 3.8) is 0 Å². The predicted molar refractivity (Wildman–Crippen MR) is 120 cm³/mol. The number of halogens is 3. The zero-order valence-corrected chi connectivity index (χ0v) is 19.5. The third kappa shape index (κ3) is 3.86. The number of ether oxygens (including phenoxy) is 1. The summed E-state index contributed by atoms with van der Waals surface area (Å²) in [5.41, 5.74) is 0.341. The van der Waals surface area contributed by atoms with Crippen molar-refractivity contribution in [1.29, 1.82) is 0 Å². The van der Waals surface area contributed by atoms with Gasteiger partial charge < -0.3 is 24.4 Å². The first-order chi connectivity index (χ1) is 16.5. The minimum atomic E-state index is -4.53. The third-order valence-electron chi connectivity index (χ3n) is 7.08. The van der Waals surface area contributed by atoms with Crippen molar-refractivity contribution in [2.24, 2.45) is 12.5 Å². The first-order valence-electron chi connectivity index (χ1n) is 11.1. The molecule has 5 rings (SSSR count). The van der Waals surface area contributed by atoms with Gasteiger partial charge in [-0.1, -0.05) is 0 Å². The first kappa shape index (κ1) is 23.1. The summed E-state index contributed by atoms with van der Waals surface area (Å²) in [5, 5.41) is 6.76. The summed E-state index contributed by atoms with van der Waals surface area (Å²) in [7, 11) is 4.81. The maximum absolute atomic E-state index is 13.1. The second kappa shape index (κ2) is 7.92. The number of amides is 3. The lowest BCUT2D eigenvalue weighted by Crippen LogP contribution is -2.67. The number of aryl methyl sites for hydroxylation is 1. The number of carbonyl (C=O) groups is 2. The fraction of sp³-hybridized carbons (Fsp3) is 0.435. The molecule has 0 radical (unpaired) electrons. The van der Waals surface area contributed by atoms with E-state index in [9.17, 15) is 22.8 Å². The van der Waals surface area contributed by atoms with Gasteiger partial charge in [-0.05, 0) is 31.0 Å². The van der Waals surface area contributed by atoms with E-state index in [4.69, 9.17) is 4.74 Å². The van der Waals surface area contributed by atoms with Crippen LogP contribution in [-0.4, -0.2) is 69.2 Å². The number of anilines is 1. The maximum atomic E-state index is 13.1.